The molecule has 8 aromatic rings. The Labute approximate surface area is 577 Å². The Morgan fingerprint density at radius 2 is 1.11 bits per heavy atom. The van der Waals surface area contributed by atoms with Crippen LogP contribution in [0.2, 0.25) is 10.0 Å². The van der Waals surface area contributed by atoms with E-state index in [0.29, 0.717) is 45.0 Å². The van der Waals surface area contributed by atoms with Crippen molar-refractivity contribution in [2.24, 2.45) is 11.7 Å². The number of carbonyl (C=O) groups is 3. The summed E-state index contributed by atoms with van der Waals surface area (Å²) < 4.78 is 111. The summed E-state index contributed by atoms with van der Waals surface area (Å²) in [5.74, 6) is -7.14. The fourth-order valence-corrected chi connectivity index (χ4v) is 12.2. The maximum absolute atomic E-state index is 13.6. The topological polar surface area (TPSA) is 276 Å². The summed E-state index contributed by atoms with van der Waals surface area (Å²) in [7, 11) is -1.00. The van der Waals surface area contributed by atoms with Crippen LogP contribution < -0.4 is 21.7 Å². The van der Waals surface area contributed by atoms with E-state index in [2.05, 4.69) is 96.0 Å². The van der Waals surface area contributed by atoms with Crippen LogP contribution in [0.1, 0.15) is 107 Å². The first-order valence-electron chi connectivity index (χ1n) is 30.6. The third-order valence-corrected chi connectivity index (χ3v) is 16.4. The molecule has 2 amide bonds. The molecular formula is C66H77Cl3F5N11O9S2. The number of ether oxygens (including phenoxy) is 1. The zero-order valence-corrected chi connectivity index (χ0v) is 55.8. The number of amides is 2. The third kappa shape index (κ3) is 21.5. The monoisotopic (exact) mass is 1430 g/mol. The Balaban J connectivity index is 0.000000260. The number of aromatic nitrogens is 6. The van der Waals surface area contributed by atoms with Crippen LogP contribution in [0, 0.1) is 5.92 Å². The molecule has 518 valence electrons. The lowest BCUT2D eigenvalue weighted by molar-refractivity contribution is -0.142. The molecule has 0 spiro atoms. The highest BCUT2D eigenvalue weighted by atomic mass is 35.5. The number of carbonyl (C=O) groups excluding carboxylic acids is 2. The number of nitrogens with two attached hydrogens (primary N) is 1. The van der Waals surface area contributed by atoms with Crippen LogP contribution in [-0.2, 0) is 37.5 Å². The smallest absolute Gasteiger partial charge is 0.411 e. The van der Waals surface area contributed by atoms with Crippen molar-refractivity contribution in [2.75, 3.05) is 24.3 Å². The fraction of sp³-hybridized carbons (Fsp3) is 0.409. The summed E-state index contributed by atoms with van der Waals surface area (Å²) in [6.45, 7) is 3.82. The van der Waals surface area contributed by atoms with Crippen LogP contribution in [-0.4, -0.2) is 135 Å². The lowest BCUT2D eigenvalue weighted by Gasteiger charge is -2.31. The van der Waals surface area contributed by atoms with E-state index >= 15 is 0 Å². The van der Waals surface area contributed by atoms with Gasteiger partial charge in [-0.25, -0.2) is 47.1 Å². The number of nitrogens with one attached hydrogen (secondary N) is 3. The zero-order chi connectivity index (χ0) is 69.0. The highest BCUT2D eigenvalue weighted by Crippen LogP contribution is 2.41. The average molecular weight is 1430 g/mol. The molecule has 96 heavy (non-hydrogen) atoms. The number of carboxylic acids is 1. The Kier molecular flexibility index (Phi) is 29.2. The summed E-state index contributed by atoms with van der Waals surface area (Å²) >= 11 is 11.7. The van der Waals surface area contributed by atoms with Crippen molar-refractivity contribution in [2.45, 2.75) is 153 Å². The van der Waals surface area contributed by atoms with E-state index in [1.165, 1.54) is 0 Å². The van der Waals surface area contributed by atoms with Crippen LogP contribution >= 0.6 is 35.6 Å². The van der Waals surface area contributed by atoms with Gasteiger partial charge in [0.2, 0.25) is 23.7 Å². The van der Waals surface area contributed by atoms with Gasteiger partial charge in [0.05, 0.1) is 59.9 Å². The largest absolute Gasteiger partial charge is 0.480 e. The molecule has 3 saturated carbocycles. The maximum atomic E-state index is 13.6. The van der Waals surface area contributed by atoms with Gasteiger partial charge in [0.25, 0.3) is 5.92 Å². The van der Waals surface area contributed by atoms with Gasteiger partial charge < -0.3 is 40.7 Å². The van der Waals surface area contributed by atoms with E-state index in [1.807, 2.05) is 60.7 Å². The SMILES string of the molecule is C.CC(C)(C)OC(=O)N1CC(F)(F)C[C@H]1C(=O)O.Cl.N[C@H]1CCC[C@@H](Nc2ncc(Cl)c(-c3cn(-c4ccccc4)c4ccccc34)n2)C1.O=C(N[C@H]1CCC[C@@H](Nc2ncc(Cl)c(-c3cn(-c4ccccc4)c4ccccc34)n2)C1)[C@H]1CCC(F)(F)C1.O=S=O.O=S=O.[2H]CF. The number of rotatable bonds is 11. The molecule has 4 aromatic carbocycles. The molecule has 1 aliphatic heterocycles. The second-order valence-corrected chi connectivity index (χ2v) is 24.8. The molecule has 5 heterocycles. The lowest BCUT2D eigenvalue weighted by atomic mass is 9.90. The summed E-state index contributed by atoms with van der Waals surface area (Å²) in [5, 5.41) is 21.8. The average Bonchev–Trinajstić information content (AvgIpc) is 1.63. The van der Waals surface area contributed by atoms with Crippen molar-refractivity contribution in [1.29, 1.82) is 0 Å². The number of anilines is 2. The second kappa shape index (κ2) is 36.4. The van der Waals surface area contributed by atoms with E-state index in [4.69, 9.17) is 67.0 Å². The zero-order valence-electron chi connectivity index (χ0n) is 52.9. The van der Waals surface area contributed by atoms with Gasteiger partial charge in [-0.05, 0) is 115 Å². The van der Waals surface area contributed by atoms with Crippen LogP contribution in [0.3, 0.4) is 0 Å². The first-order valence-corrected chi connectivity index (χ1v) is 32.0. The van der Waals surface area contributed by atoms with Gasteiger partial charge in [-0.15, -0.1) is 12.4 Å². The highest BCUT2D eigenvalue weighted by molar-refractivity contribution is 7.52. The van der Waals surface area contributed by atoms with Gasteiger partial charge in [-0.2, -0.15) is 16.8 Å². The molecule has 6 N–H and O–H groups in total. The summed E-state index contributed by atoms with van der Waals surface area (Å²) in [6.07, 6.45) is 12.8. The molecule has 4 aromatic heterocycles. The summed E-state index contributed by atoms with van der Waals surface area (Å²) in [4.78, 5) is 54.0. The number of benzene rings is 4. The molecule has 20 nitrogen and oxygen atoms in total. The maximum Gasteiger partial charge on any atom is 0.411 e. The Hall–Kier alpha value is -7.95. The highest BCUT2D eigenvalue weighted by Gasteiger charge is 2.51. The minimum atomic E-state index is -3.18. The molecule has 4 fully saturated rings. The Morgan fingerprint density at radius 1 is 0.677 bits per heavy atom. The standard InChI is InChI=1S/C30H30ClF2N5O.C24H24ClN5.C10H15F2NO4.CH3F.CH4.ClH.2O2S/c31-25-17-34-29(36-21-8-6-7-20(15-21)35-28(39)19-13-14-30(32,33)16-19)37-27(25)24-18-38(22-9-2-1-3-10-22)26-12-5-4-11-23(24)26;25-21-14-27-24(28-17-8-6-7-16(26)13-17)29-23(21)20-15-30(18-9-2-1-3-10-18)22-12-5-4-11-19(20)22;1-9(2,3)17-8(16)13-5-10(11,12)4-6(13)7(14)15;1-2;;;2*1-3-2/h1-5,9-12,17-21H,6-8,13-16H2,(H,35,39)(H,34,36,37);1-5,9-12,14-17H,6-8,13,26H2,(H,27,28,29);6H,4-5H2,1-3H3,(H,14,15);1H3;1H4;1H;;/t19-,20-,21+;16-,17+;6-;;;;;/m000...../s1/i;;;1D;;;;. The first-order chi connectivity index (χ1) is 45.3. The molecule has 0 bridgehead atoms. The molecule has 0 radical (unpaired) electrons. The number of alkyl halides is 5. The normalized spacial score (nSPS) is 19.8. The number of fused-ring (bicyclic) bond motifs is 2. The van der Waals surface area contributed by atoms with Crippen molar-refractivity contribution in [1.82, 2.24) is 39.3 Å². The molecular weight excluding hydrogens is 1360 g/mol. The number of likely N-dealkylation sites (tertiary alicyclic amines) is 1. The predicted molar refractivity (Wildman–Crippen MR) is 365 cm³/mol. The molecule has 0 unspecified atom stereocenters. The molecule has 1 saturated heterocycles. The van der Waals surface area contributed by atoms with Gasteiger partial charge in [-0.1, -0.05) is 103 Å². The van der Waals surface area contributed by atoms with Crippen LogP contribution in [0.4, 0.5) is 38.6 Å². The number of aliphatic carboxylic acids is 1. The molecule has 4 aliphatic rings. The lowest BCUT2D eigenvalue weighted by Crippen LogP contribution is -2.44. The van der Waals surface area contributed by atoms with Crippen LogP contribution in [0.25, 0.3) is 55.7 Å². The Bertz CT molecular complexity index is 3960. The Morgan fingerprint density at radius 3 is 1.55 bits per heavy atom. The summed E-state index contributed by atoms with van der Waals surface area (Å²) in [6, 6.07) is 35.9. The third-order valence-electron chi connectivity index (χ3n) is 15.9. The number of hydrogen-bond acceptors (Lipinski definition) is 15. The first kappa shape index (κ1) is 77.1. The van der Waals surface area contributed by atoms with Crippen LogP contribution in [0.5, 0.6) is 0 Å². The minimum absolute atomic E-state index is 0. The quantitative estimate of drug-likeness (QED) is 0.0753. The number of para-hydroxylation sites is 4. The van der Waals surface area contributed by atoms with Crippen molar-refractivity contribution in [3.63, 3.8) is 0 Å². The van der Waals surface area contributed by atoms with Crippen molar-refractivity contribution < 1.29 is 64.4 Å². The molecule has 3 aliphatic carbocycles. The number of carboxylic acid groups (broad SMARTS) is 1. The minimum Gasteiger partial charge on any atom is -0.480 e. The molecule has 30 heteroatoms. The second-order valence-electron chi connectivity index (χ2n) is 23.7. The van der Waals surface area contributed by atoms with Gasteiger partial charge in [-0.3, -0.25) is 14.1 Å². The van der Waals surface area contributed by atoms with Crippen molar-refractivity contribution in [3.8, 4) is 33.9 Å². The number of halogens is 8. The van der Waals surface area contributed by atoms with Crippen molar-refractivity contribution in [3.05, 3.63) is 144 Å². The van der Waals surface area contributed by atoms with Gasteiger partial charge in [0.1, 0.15) is 11.6 Å². The fourth-order valence-electron chi connectivity index (χ4n) is 11.8. The molecule has 6 atom stereocenters. The van der Waals surface area contributed by atoms with E-state index in [-0.39, 0.29) is 63.1 Å². The van der Waals surface area contributed by atoms with Crippen molar-refractivity contribution >= 4 is 110 Å². The van der Waals surface area contributed by atoms with Gasteiger partial charge in [0, 0.05) is 95.0 Å². The number of nitrogens with zero attached hydrogens (tertiary/aromatic N) is 7. The van der Waals surface area contributed by atoms with E-state index < -0.39 is 84.7 Å². The number of hydrogen-bond donors (Lipinski definition) is 5. The van der Waals surface area contributed by atoms with Gasteiger partial charge in [0.15, 0.2) is 0 Å². The summed E-state index contributed by atoms with van der Waals surface area (Å²) in [5.41, 5.74) is 12.9. The predicted octanol–water partition coefficient (Wildman–Crippen LogP) is 14.5. The van der Waals surface area contributed by atoms with E-state index in [9.17, 15) is 36.3 Å². The molecule has 12 rings (SSSR count). The van der Waals surface area contributed by atoms with Gasteiger partial charge >= 0.3 is 35.2 Å². The van der Waals surface area contributed by atoms with Crippen LogP contribution in [0.15, 0.2) is 134 Å². The van der Waals surface area contributed by atoms with E-state index in [0.717, 1.165) is 94.9 Å². The van der Waals surface area contributed by atoms with E-state index in [1.54, 1.807) is 33.2 Å².